The number of rotatable bonds is 6. The van der Waals surface area contributed by atoms with E-state index in [-0.39, 0.29) is 6.10 Å². The lowest BCUT2D eigenvalue weighted by Gasteiger charge is -2.19. The third kappa shape index (κ3) is 4.15. The van der Waals surface area contributed by atoms with Gasteiger partial charge in [-0.15, -0.1) is 10.2 Å². The molecule has 0 N–H and O–H groups in total. The van der Waals surface area contributed by atoms with Gasteiger partial charge in [0.05, 0.1) is 5.56 Å². The van der Waals surface area contributed by atoms with Gasteiger partial charge in [0.15, 0.2) is 0 Å². The molecule has 1 atom stereocenters. The molecule has 0 fully saturated rings. The monoisotopic (exact) mass is 370 g/mol. The van der Waals surface area contributed by atoms with Gasteiger partial charge in [-0.25, -0.2) is 4.79 Å². The molecule has 0 spiro atoms. The quantitative estimate of drug-likeness (QED) is 0.453. The molecule has 4 aromatic rings. The lowest BCUT2D eigenvalue weighted by Crippen LogP contribution is -2.14. The Bertz CT molecular complexity index is 1030. The second-order valence-electron chi connectivity index (χ2n) is 6.32. The topological polar surface area (TPSA) is 65.2 Å². The van der Waals surface area contributed by atoms with E-state index in [9.17, 15) is 4.79 Å². The van der Waals surface area contributed by atoms with E-state index in [4.69, 9.17) is 9.15 Å². The summed E-state index contributed by atoms with van der Waals surface area (Å²) in [6, 6.07) is 26.7. The maximum absolute atomic E-state index is 12.9. The Morgan fingerprint density at radius 3 is 2.39 bits per heavy atom. The minimum Gasteiger partial charge on any atom is -0.454 e. The standard InChI is InChI=1S/C23H18N2O3/c26-23(20-13-7-12-19(15-20)22-25-24-16-27-22)28-21(18-10-5-2-6-11-18)14-17-8-3-1-4-9-17/h1-13,15-16,21H,14H2. The van der Waals surface area contributed by atoms with E-state index in [1.807, 2.05) is 66.7 Å². The summed E-state index contributed by atoms with van der Waals surface area (Å²) in [6.07, 6.45) is 1.47. The molecule has 5 heteroatoms. The largest absolute Gasteiger partial charge is 0.454 e. The minimum absolute atomic E-state index is 0.360. The zero-order valence-electron chi connectivity index (χ0n) is 15.1. The number of hydrogen-bond donors (Lipinski definition) is 0. The van der Waals surface area contributed by atoms with Gasteiger partial charge in [-0.2, -0.15) is 0 Å². The molecule has 1 unspecified atom stereocenters. The van der Waals surface area contributed by atoms with Crippen LogP contribution in [0.4, 0.5) is 0 Å². The first-order valence-electron chi connectivity index (χ1n) is 8.96. The summed E-state index contributed by atoms with van der Waals surface area (Å²) in [5.74, 6) is -0.0373. The molecule has 1 heterocycles. The fraction of sp³-hybridized carbons (Fsp3) is 0.0870. The minimum atomic E-state index is -0.397. The summed E-state index contributed by atoms with van der Waals surface area (Å²) in [5.41, 5.74) is 3.16. The maximum atomic E-state index is 12.9. The Kier molecular flexibility index (Phi) is 5.24. The van der Waals surface area contributed by atoms with Crippen molar-refractivity contribution in [2.45, 2.75) is 12.5 Å². The van der Waals surface area contributed by atoms with Crippen molar-refractivity contribution in [1.82, 2.24) is 10.2 Å². The van der Waals surface area contributed by atoms with Gasteiger partial charge >= 0.3 is 5.97 Å². The third-order valence-electron chi connectivity index (χ3n) is 4.39. The van der Waals surface area contributed by atoms with Crippen LogP contribution in [-0.4, -0.2) is 16.2 Å². The van der Waals surface area contributed by atoms with Gasteiger partial charge in [0.1, 0.15) is 6.10 Å². The van der Waals surface area contributed by atoms with Gasteiger partial charge in [-0.3, -0.25) is 0 Å². The van der Waals surface area contributed by atoms with Crippen molar-refractivity contribution in [1.29, 1.82) is 0 Å². The molecule has 1 aromatic heterocycles. The number of ether oxygens (including phenoxy) is 1. The molecule has 138 valence electrons. The van der Waals surface area contributed by atoms with Crippen LogP contribution in [0.1, 0.15) is 27.6 Å². The zero-order chi connectivity index (χ0) is 19.2. The van der Waals surface area contributed by atoms with Gasteiger partial charge in [0, 0.05) is 12.0 Å². The summed E-state index contributed by atoms with van der Waals surface area (Å²) in [7, 11) is 0. The normalized spacial score (nSPS) is 11.7. The number of esters is 1. The van der Waals surface area contributed by atoms with Crippen molar-refractivity contribution in [2.24, 2.45) is 0 Å². The first-order chi connectivity index (χ1) is 13.8. The Morgan fingerprint density at radius 1 is 0.929 bits per heavy atom. The summed E-state index contributed by atoms with van der Waals surface area (Å²) in [4.78, 5) is 12.9. The molecule has 4 rings (SSSR count). The summed E-state index contributed by atoms with van der Waals surface area (Å²) >= 11 is 0. The van der Waals surface area contributed by atoms with Gasteiger partial charge in [0.2, 0.25) is 12.3 Å². The number of benzene rings is 3. The van der Waals surface area contributed by atoms with Crippen LogP contribution in [0.5, 0.6) is 0 Å². The SMILES string of the molecule is O=C(OC(Cc1ccccc1)c1ccccc1)c1cccc(-c2nnco2)c1. The fourth-order valence-electron chi connectivity index (χ4n) is 3.00. The van der Waals surface area contributed by atoms with Crippen LogP contribution in [0.15, 0.2) is 95.7 Å². The predicted molar refractivity (Wildman–Crippen MR) is 104 cm³/mol. The first kappa shape index (κ1) is 17.7. The molecule has 0 aliphatic rings. The van der Waals surface area contributed by atoms with E-state index < -0.39 is 5.97 Å². The molecule has 0 radical (unpaired) electrons. The van der Waals surface area contributed by atoms with Gasteiger partial charge < -0.3 is 9.15 Å². The predicted octanol–water partition coefficient (Wildman–Crippen LogP) is 4.88. The van der Waals surface area contributed by atoms with Crippen molar-refractivity contribution in [3.63, 3.8) is 0 Å². The van der Waals surface area contributed by atoms with Crippen LogP contribution >= 0.6 is 0 Å². The Balaban J connectivity index is 1.58. The summed E-state index contributed by atoms with van der Waals surface area (Å²) in [6.45, 7) is 0. The highest BCUT2D eigenvalue weighted by Gasteiger charge is 2.19. The van der Waals surface area contributed by atoms with Crippen LogP contribution in [0, 0.1) is 0 Å². The van der Waals surface area contributed by atoms with E-state index in [0.29, 0.717) is 23.4 Å². The Labute approximate surface area is 162 Å². The van der Waals surface area contributed by atoms with Crippen LogP contribution in [-0.2, 0) is 11.2 Å². The van der Waals surface area contributed by atoms with Crippen LogP contribution in [0.25, 0.3) is 11.5 Å². The van der Waals surface area contributed by atoms with Crippen LogP contribution in [0.2, 0.25) is 0 Å². The molecule has 3 aromatic carbocycles. The molecule has 28 heavy (non-hydrogen) atoms. The molecule has 0 saturated heterocycles. The van der Waals surface area contributed by atoms with E-state index in [0.717, 1.165) is 11.1 Å². The Morgan fingerprint density at radius 2 is 1.68 bits per heavy atom. The molecule has 0 aliphatic carbocycles. The van der Waals surface area contributed by atoms with E-state index in [1.54, 1.807) is 18.2 Å². The van der Waals surface area contributed by atoms with E-state index >= 15 is 0 Å². The molecular weight excluding hydrogens is 352 g/mol. The molecule has 0 aliphatic heterocycles. The molecular formula is C23H18N2O3. The van der Waals surface area contributed by atoms with Crippen molar-refractivity contribution in [2.75, 3.05) is 0 Å². The summed E-state index contributed by atoms with van der Waals surface area (Å²) < 4.78 is 11.1. The Hall–Kier alpha value is -3.73. The smallest absolute Gasteiger partial charge is 0.338 e. The van der Waals surface area contributed by atoms with Crippen molar-refractivity contribution >= 4 is 5.97 Å². The number of carbonyl (C=O) groups is 1. The number of carbonyl (C=O) groups excluding carboxylic acids is 1. The molecule has 0 saturated carbocycles. The lowest BCUT2D eigenvalue weighted by atomic mass is 10.0. The van der Waals surface area contributed by atoms with Crippen molar-refractivity contribution in [3.05, 3.63) is 108 Å². The second kappa shape index (κ2) is 8.31. The van der Waals surface area contributed by atoms with E-state index in [2.05, 4.69) is 10.2 Å². The van der Waals surface area contributed by atoms with Crippen molar-refractivity contribution in [3.8, 4) is 11.5 Å². The van der Waals surface area contributed by atoms with Gasteiger partial charge in [0.25, 0.3) is 0 Å². The summed E-state index contributed by atoms with van der Waals surface area (Å²) in [5, 5.41) is 7.56. The van der Waals surface area contributed by atoms with Gasteiger partial charge in [-0.1, -0.05) is 66.7 Å². The zero-order valence-corrected chi connectivity index (χ0v) is 15.1. The number of nitrogens with zero attached hydrogens (tertiary/aromatic N) is 2. The third-order valence-corrected chi connectivity index (χ3v) is 4.39. The highest BCUT2D eigenvalue weighted by molar-refractivity contribution is 5.90. The highest BCUT2D eigenvalue weighted by Crippen LogP contribution is 2.25. The maximum Gasteiger partial charge on any atom is 0.338 e. The second-order valence-corrected chi connectivity index (χ2v) is 6.32. The molecule has 5 nitrogen and oxygen atoms in total. The van der Waals surface area contributed by atoms with Crippen LogP contribution < -0.4 is 0 Å². The number of hydrogen-bond acceptors (Lipinski definition) is 5. The van der Waals surface area contributed by atoms with Crippen LogP contribution in [0.3, 0.4) is 0 Å². The van der Waals surface area contributed by atoms with Gasteiger partial charge in [-0.05, 0) is 29.3 Å². The average molecular weight is 370 g/mol. The first-order valence-corrected chi connectivity index (χ1v) is 8.96. The molecule has 0 bridgehead atoms. The van der Waals surface area contributed by atoms with E-state index in [1.165, 1.54) is 6.39 Å². The fourth-order valence-corrected chi connectivity index (χ4v) is 3.00. The lowest BCUT2D eigenvalue weighted by molar-refractivity contribution is 0.0297. The number of aromatic nitrogens is 2. The van der Waals surface area contributed by atoms with Crippen molar-refractivity contribution < 1.29 is 13.9 Å². The highest BCUT2D eigenvalue weighted by atomic mass is 16.5. The average Bonchev–Trinajstić information content (AvgIpc) is 3.30. The molecule has 0 amide bonds.